The smallest absolute Gasteiger partial charge is 0.245 e. The Hall–Kier alpha value is -3.07. The van der Waals surface area contributed by atoms with Gasteiger partial charge in [-0.3, -0.25) is 0 Å². The number of phenols is 1. The number of rotatable bonds is 4. The van der Waals surface area contributed by atoms with Crippen molar-refractivity contribution in [3.63, 3.8) is 0 Å². The first-order chi connectivity index (χ1) is 14.4. The second kappa shape index (κ2) is 7.02. The molecule has 4 heterocycles. The molecule has 2 aliphatic heterocycles. The van der Waals surface area contributed by atoms with Crippen molar-refractivity contribution in [1.29, 1.82) is 0 Å². The molecule has 0 spiro atoms. The van der Waals surface area contributed by atoms with Crippen molar-refractivity contribution in [2.75, 3.05) is 11.9 Å². The molecule has 3 aromatic rings. The molecule has 5 rings (SSSR count). The molecule has 2 fully saturated rings. The van der Waals surface area contributed by atoms with Gasteiger partial charge in [0.2, 0.25) is 5.95 Å². The summed E-state index contributed by atoms with van der Waals surface area (Å²) in [6, 6.07) is 5.87. The highest BCUT2D eigenvalue weighted by Crippen LogP contribution is 2.37. The highest BCUT2D eigenvalue weighted by molar-refractivity contribution is 5.68. The lowest BCUT2D eigenvalue weighted by atomic mass is 9.89. The third-order valence-corrected chi connectivity index (χ3v) is 6.33. The number of anilines is 1. The van der Waals surface area contributed by atoms with Crippen LogP contribution < -0.4 is 10.2 Å². The van der Waals surface area contributed by atoms with Crippen molar-refractivity contribution in [1.82, 2.24) is 30.3 Å². The van der Waals surface area contributed by atoms with Crippen LogP contribution in [-0.4, -0.2) is 54.7 Å². The molecule has 2 bridgehead atoms. The Morgan fingerprint density at radius 1 is 1.30 bits per heavy atom. The molecule has 2 N–H and O–H groups in total. The van der Waals surface area contributed by atoms with Crippen molar-refractivity contribution < 1.29 is 9.50 Å². The van der Waals surface area contributed by atoms with Gasteiger partial charge in [-0.2, -0.15) is 5.10 Å². The number of aromatic hydroxyl groups is 1. The van der Waals surface area contributed by atoms with Crippen LogP contribution in [0, 0.1) is 5.82 Å². The molecule has 156 valence electrons. The summed E-state index contributed by atoms with van der Waals surface area (Å²) in [7, 11) is 2.02. The molecule has 0 amide bonds. The molecule has 0 aliphatic carbocycles. The van der Waals surface area contributed by atoms with Gasteiger partial charge < -0.3 is 15.3 Å². The molecule has 0 saturated carbocycles. The summed E-state index contributed by atoms with van der Waals surface area (Å²) in [6.45, 7) is 2.29. The van der Waals surface area contributed by atoms with Gasteiger partial charge in [-0.25, -0.2) is 14.1 Å². The number of nitrogens with one attached hydrogen (secondary N) is 1. The van der Waals surface area contributed by atoms with Gasteiger partial charge in [0.15, 0.2) is 5.82 Å². The molecule has 0 radical (unpaired) electrons. The summed E-state index contributed by atoms with van der Waals surface area (Å²) >= 11 is 0. The molecule has 9 heteroatoms. The van der Waals surface area contributed by atoms with Crippen LogP contribution in [0.15, 0.2) is 36.8 Å². The lowest BCUT2D eigenvalue weighted by Crippen LogP contribution is -2.53. The van der Waals surface area contributed by atoms with E-state index >= 15 is 0 Å². The van der Waals surface area contributed by atoms with Crippen LogP contribution in [0.25, 0.3) is 16.9 Å². The number of halogens is 1. The van der Waals surface area contributed by atoms with Crippen molar-refractivity contribution in [2.45, 2.75) is 50.2 Å². The second-order valence-corrected chi connectivity index (χ2v) is 8.59. The number of phenolic OH excluding ortho intramolecular Hbond substituents is 1. The average molecular weight is 409 g/mol. The number of aromatic nitrogens is 5. The predicted octanol–water partition coefficient (Wildman–Crippen LogP) is 2.68. The third kappa shape index (κ3) is 3.39. The van der Waals surface area contributed by atoms with Crippen LogP contribution in [0.3, 0.4) is 0 Å². The lowest BCUT2D eigenvalue weighted by molar-refractivity contribution is 0.266. The Morgan fingerprint density at radius 2 is 2.17 bits per heavy atom. The number of nitrogens with zero attached hydrogens (tertiary/aromatic N) is 6. The van der Waals surface area contributed by atoms with E-state index in [-0.39, 0.29) is 11.3 Å². The first-order valence-electron chi connectivity index (χ1n) is 10.1. The molecule has 8 nitrogen and oxygen atoms in total. The summed E-state index contributed by atoms with van der Waals surface area (Å²) in [5.74, 6) is 0.143. The zero-order chi connectivity index (χ0) is 20.9. The molecule has 2 aromatic heterocycles. The minimum absolute atomic E-state index is 0.00321. The van der Waals surface area contributed by atoms with Crippen LogP contribution in [-0.2, 0) is 0 Å². The monoisotopic (exact) mass is 409 g/mol. The van der Waals surface area contributed by atoms with Crippen LogP contribution in [0.4, 0.5) is 10.3 Å². The quantitative estimate of drug-likeness (QED) is 0.684. The number of piperidine rings is 1. The fourth-order valence-electron chi connectivity index (χ4n) is 4.73. The minimum atomic E-state index is -0.441. The number of benzene rings is 1. The van der Waals surface area contributed by atoms with Gasteiger partial charge in [-0.1, -0.05) is 0 Å². The SMILES string of the molecule is CN(c1ncc(-c2ccc(-n3cc(F)cn3)cc2O)nn1)[C@H]1CC2CC[C@](C)(C1)N2. The zero-order valence-electron chi connectivity index (χ0n) is 17.0. The van der Waals surface area contributed by atoms with Crippen LogP contribution >= 0.6 is 0 Å². The largest absolute Gasteiger partial charge is 0.507 e. The maximum atomic E-state index is 13.2. The van der Waals surface area contributed by atoms with E-state index in [1.54, 1.807) is 18.3 Å². The molecule has 2 aliphatic rings. The summed E-state index contributed by atoms with van der Waals surface area (Å²) in [6.07, 6.45) is 8.55. The maximum absolute atomic E-state index is 13.2. The summed E-state index contributed by atoms with van der Waals surface area (Å²) in [5, 5.41) is 26.7. The number of hydrogen-bond donors (Lipinski definition) is 2. The van der Waals surface area contributed by atoms with Crippen molar-refractivity contribution in [3.8, 4) is 22.7 Å². The lowest BCUT2D eigenvalue weighted by Gasteiger charge is -2.40. The second-order valence-electron chi connectivity index (χ2n) is 8.59. The van der Waals surface area contributed by atoms with Crippen molar-refractivity contribution >= 4 is 5.95 Å². The van der Waals surface area contributed by atoms with Crippen LogP contribution in [0.2, 0.25) is 0 Å². The predicted molar refractivity (Wildman–Crippen MR) is 110 cm³/mol. The van der Waals surface area contributed by atoms with E-state index in [0.717, 1.165) is 19.0 Å². The van der Waals surface area contributed by atoms with E-state index in [9.17, 15) is 9.50 Å². The summed E-state index contributed by atoms with van der Waals surface area (Å²) in [4.78, 5) is 6.62. The first-order valence-corrected chi connectivity index (χ1v) is 10.1. The Labute approximate surface area is 173 Å². The van der Waals surface area contributed by atoms with Crippen LogP contribution in [0.5, 0.6) is 5.75 Å². The highest BCUT2D eigenvalue weighted by Gasteiger charge is 2.43. The van der Waals surface area contributed by atoms with E-state index in [4.69, 9.17) is 0 Å². The van der Waals surface area contributed by atoms with Crippen molar-refractivity contribution in [3.05, 3.63) is 42.6 Å². The standard InChI is InChI=1S/C21H24FN7O/c1-21-6-5-14(25-21)7-16(9-21)28(2)20-23-11-18(26-27-20)17-4-3-15(8-19(17)30)29-12-13(22)10-24-29/h3-4,8,10-12,14,16,25,30H,5-7,9H2,1-2H3/t14?,16-,21+/m0/s1. The Balaban J connectivity index is 1.35. The summed E-state index contributed by atoms with van der Waals surface area (Å²) < 4.78 is 14.5. The van der Waals surface area contributed by atoms with Gasteiger partial charge in [0.25, 0.3) is 0 Å². The third-order valence-electron chi connectivity index (χ3n) is 6.33. The van der Waals surface area contributed by atoms with E-state index < -0.39 is 5.82 Å². The van der Waals surface area contributed by atoms with Gasteiger partial charge in [-0.15, -0.1) is 10.2 Å². The van der Waals surface area contributed by atoms with E-state index in [1.807, 2.05) is 7.05 Å². The van der Waals surface area contributed by atoms with E-state index in [1.165, 1.54) is 29.8 Å². The normalized spacial score (nSPS) is 25.4. The zero-order valence-corrected chi connectivity index (χ0v) is 17.0. The molecular weight excluding hydrogens is 385 g/mol. The minimum Gasteiger partial charge on any atom is -0.507 e. The average Bonchev–Trinajstić information content (AvgIpc) is 3.29. The Kier molecular flexibility index (Phi) is 4.43. The molecule has 1 aromatic carbocycles. The molecular formula is C21H24FN7O. The molecule has 1 unspecified atom stereocenters. The van der Waals surface area contributed by atoms with Gasteiger partial charge in [0.1, 0.15) is 11.4 Å². The molecule has 30 heavy (non-hydrogen) atoms. The number of fused-ring (bicyclic) bond motifs is 2. The first kappa shape index (κ1) is 18.9. The van der Waals surface area contributed by atoms with Crippen LogP contribution in [0.1, 0.15) is 32.6 Å². The van der Waals surface area contributed by atoms with E-state index in [0.29, 0.717) is 35.0 Å². The Bertz CT molecular complexity index is 1070. The number of hydrogen-bond acceptors (Lipinski definition) is 7. The van der Waals surface area contributed by atoms with Gasteiger partial charge in [0, 0.05) is 36.3 Å². The Morgan fingerprint density at radius 3 is 2.83 bits per heavy atom. The molecule has 2 saturated heterocycles. The van der Waals surface area contributed by atoms with Gasteiger partial charge in [-0.05, 0) is 44.7 Å². The van der Waals surface area contributed by atoms with Crippen molar-refractivity contribution in [2.24, 2.45) is 0 Å². The molecule has 3 atom stereocenters. The van der Waals surface area contributed by atoms with Gasteiger partial charge >= 0.3 is 0 Å². The fourth-order valence-corrected chi connectivity index (χ4v) is 4.73. The van der Waals surface area contributed by atoms with Gasteiger partial charge in [0.05, 0.1) is 24.3 Å². The topological polar surface area (TPSA) is 92.0 Å². The van der Waals surface area contributed by atoms with E-state index in [2.05, 4.69) is 37.4 Å². The fraction of sp³-hybridized carbons (Fsp3) is 0.429. The highest BCUT2D eigenvalue weighted by atomic mass is 19.1. The maximum Gasteiger partial charge on any atom is 0.245 e. The summed E-state index contributed by atoms with van der Waals surface area (Å²) in [5.41, 5.74) is 1.72.